The van der Waals surface area contributed by atoms with Crippen LogP contribution in [0.15, 0.2) is 42.5 Å². The maximum absolute atomic E-state index is 14.2. The second-order valence-electron chi connectivity index (χ2n) is 6.68. The van der Waals surface area contributed by atoms with E-state index in [0.29, 0.717) is 9.13 Å². The quantitative estimate of drug-likeness (QED) is 0.396. The number of hydrogen-bond acceptors (Lipinski definition) is 5. The van der Waals surface area contributed by atoms with Gasteiger partial charge in [0, 0.05) is 10.7 Å². The van der Waals surface area contributed by atoms with E-state index in [1.54, 1.807) is 6.07 Å². The van der Waals surface area contributed by atoms with Crippen molar-refractivity contribution in [3.63, 3.8) is 0 Å². The zero-order chi connectivity index (χ0) is 22.0. The number of phenols is 1. The Morgan fingerprint density at radius 2 is 1.93 bits per heavy atom. The van der Waals surface area contributed by atoms with E-state index in [1.165, 1.54) is 50.4 Å². The van der Waals surface area contributed by atoms with Crippen molar-refractivity contribution >= 4 is 46.1 Å². The molecule has 158 valence electrons. The Hall–Kier alpha value is -2.73. The van der Waals surface area contributed by atoms with Crippen LogP contribution in [0.4, 0.5) is 14.9 Å². The van der Waals surface area contributed by atoms with Crippen LogP contribution in [-0.2, 0) is 14.3 Å². The zero-order valence-electron chi connectivity index (χ0n) is 16.1. The Bertz CT molecular complexity index is 985. The SMILES string of the molecule is CO[C@H](C)[C@@H](C(=O)Nc1ccc(I)cc1F)N1C(=O)N[C@H](c2ccc(O)cc2)C1=O. The minimum absolute atomic E-state index is 0.0113. The van der Waals surface area contributed by atoms with Crippen molar-refractivity contribution in [2.24, 2.45) is 0 Å². The van der Waals surface area contributed by atoms with Gasteiger partial charge in [-0.2, -0.15) is 0 Å². The first kappa shape index (κ1) is 22.0. The number of benzene rings is 2. The second-order valence-corrected chi connectivity index (χ2v) is 7.93. The summed E-state index contributed by atoms with van der Waals surface area (Å²) >= 11 is 1.94. The van der Waals surface area contributed by atoms with Crippen molar-refractivity contribution in [3.8, 4) is 5.75 Å². The number of carbonyl (C=O) groups is 3. The van der Waals surface area contributed by atoms with Crippen molar-refractivity contribution in [1.29, 1.82) is 0 Å². The molecule has 30 heavy (non-hydrogen) atoms. The van der Waals surface area contributed by atoms with Crippen LogP contribution in [0.25, 0.3) is 0 Å². The molecule has 1 fully saturated rings. The molecule has 3 rings (SSSR count). The largest absolute Gasteiger partial charge is 0.508 e. The Morgan fingerprint density at radius 1 is 1.27 bits per heavy atom. The summed E-state index contributed by atoms with van der Waals surface area (Å²) < 4.78 is 20.0. The lowest BCUT2D eigenvalue weighted by molar-refractivity contribution is -0.137. The number of amides is 4. The first-order valence-electron chi connectivity index (χ1n) is 8.94. The lowest BCUT2D eigenvalue weighted by Gasteiger charge is -2.28. The summed E-state index contributed by atoms with van der Waals surface area (Å²) in [6.45, 7) is 1.53. The van der Waals surface area contributed by atoms with Crippen molar-refractivity contribution in [2.75, 3.05) is 12.4 Å². The Balaban J connectivity index is 1.89. The summed E-state index contributed by atoms with van der Waals surface area (Å²) in [7, 11) is 1.34. The molecule has 10 heteroatoms. The monoisotopic (exact) mass is 527 g/mol. The smallest absolute Gasteiger partial charge is 0.325 e. The molecule has 3 N–H and O–H groups in total. The summed E-state index contributed by atoms with van der Waals surface area (Å²) in [5.74, 6) is -2.05. The highest BCUT2D eigenvalue weighted by Gasteiger charge is 2.47. The number of halogens is 2. The molecule has 1 heterocycles. The lowest BCUT2D eigenvalue weighted by Crippen LogP contribution is -2.53. The topological polar surface area (TPSA) is 108 Å². The maximum Gasteiger partial charge on any atom is 0.325 e. The van der Waals surface area contributed by atoms with E-state index in [1.807, 2.05) is 22.6 Å². The van der Waals surface area contributed by atoms with Crippen LogP contribution in [0.3, 0.4) is 0 Å². The van der Waals surface area contributed by atoms with Crippen LogP contribution < -0.4 is 10.6 Å². The number of aromatic hydroxyl groups is 1. The highest BCUT2D eigenvalue weighted by Crippen LogP contribution is 2.27. The molecule has 0 aliphatic carbocycles. The highest BCUT2D eigenvalue weighted by atomic mass is 127. The Morgan fingerprint density at radius 3 is 2.53 bits per heavy atom. The van der Waals surface area contributed by atoms with E-state index in [2.05, 4.69) is 10.6 Å². The number of methoxy groups -OCH3 is 1. The molecule has 0 aromatic heterocycles. The Labute approximate surface area is 185 Å². The average molecular weight is 527 g/mol. The van der Waals surface area contributed by atoms with Gasteiger partial charge in [-0.15, -0.1) is 0 Å². The van der Waals surface area contributed by atoms with Crippen LogP contribution >= 0.6 is 22.6 Å². The van der Waals surface area contributed by atoms with Gasteiger partial charge in [-0.1, -0.05) is 12.1 Å². The molecule has 0 radical (unpaired) electrons. The molecule has 1 saturated heterocycles. The number of phenolic OH excluding ortho intramolecular Hbond substituents is 1. The highest BCUT2D eigenvalue weighted by molar-refractivity contribution is 14.1. The normalized spacial score (nSPS) is 18.1. The first-order valence-corrected chi connectivity index (χ1v) is 10.0. The van der Waals surface area contributed by atoms with Crippen LogP contribution in [0.2, 0.25) is 0 Å². The third kappa shape index (κ3) is 4.38. The number of rotatable bonds is 6. The molecular weight excluding hydrogens is 508 g/mol. The number of urea groups is 1. The van der Waals surface area contributed by atoms with Crippen LogP contribution in [0, 0.1) is 9.39 Å². The van der Waals surface area contributed by atoms with Crippen molar-refractivity contribution < 1.29 is 28.6 Å². The number of imide groups is 1. The minimum atomic E-state index is -1.33. The standard InChI is InChI=1S/C20H19FIN3O5/c1-10(30-2)17(18(27)23-15-8-5-12(22)9-14(15)21)25-19(28)16(24-20(25)29)11-3-6-13(26)7-4-11/h3-10,16-17,26H,1-2H3,(H,23,27)(H,24,29)/t10-,16-,17+/m1/s1. The van der Waals surface area contributed by atoms with Crippen LogP contribution in [0.5, 0.6) is 5.75 Å². The molecule has 0 unspecified atom stereocenters. The molecule has 0 bridgehead atoms. The van der Waals surface area contributed by atoms with Gasteiger partial charge in [-0.3, -0.25) is 9.59 Å². The van der Waals surface area contributed by atoms with Gasteiger partial charge in [-0.25, -0.2) is 14.1 Å². The van der Waals surface area contributed by atoms with E-state index in [9.17, 15) is 23.9 Å². The summed E-state index contributed by atoms with van der Waals surface area (Å²) in [6.07, 6.45) is -0.856. The van der Waals surface area contributed by atoms with Gasteiger partial charge >= 0.3 is 6.03 Å². The molecule has 3 atom stereocenters. The molecule has 4 amide bonds. The second kappa shape index (κ2) is 8.96. The van der Waals surface area contributed by atoms with Gasteiger partial charge in [-0.05, 0) is 65.4 Å². The molecule has 2 aromatic rings. The summed E-state index contributed by atoms with van der Waals surface area (Å²) in [6, 6.07) is 6.91. The number of ether oxygens (including phenoxy) is 1. The fourth-order valence-electron chi connectivity index (χ4n) is 3.12. The molecule has 8 nitrogen and oxygen atoms in total. The van der Waals surface area contributed by atoms with Gasteiger partial charge in [0.15, 0.2) is 0 Å². The zero-order valence-corrected chi connectivity index (χ0v) is 18.2. The van der Waals surface area contributed by atoms with Crippen molar-refractivity contribution in [1.82, 2.24) is 10.2 Å². The van der Waals surface area contributed by atoms with E-state index in [-0.39, 0.29) is 11.4 Å². The summed E-state index contributed by atoms with van der Waals surface area (Å²) in [4.78, 5) is 39.3. The van der Waals surface area contributed by atoms with Crippen molar-refractivity contribution in [3.05, 3.63) is 57.4 Å². The van der Waals surface area contributed by atoms with E-state index >= 15 is 0 Å². The fraction of sp³-hybridized carbons (Fsp3) is 0.250. The molecule has 0 saturated carbocycles. The van der Waals surface area contributed by atoms with Gasteiger partial charge in [0.1, 0.15) is 23.7 Å². The average Bonchev–Trinajstić information content (AvgIpc) is 2.99. The van der Waals surface area contributed by atoms with Gasteiger partial charge in [0.25, 0.3) is 11.8 Å². The lowest BCUT2D eigenvalue weighted by atomic mass is 10.1. The third-order valence-corrected chi connectivity index (χ3v) is 5.42. The molecular formula is C20H19FIN3O5. The minimum Gasteiger partial charge on any atom is -0.508 e. The predicted octanol–water partition coefficient (Wildman–Crippen LogP) is 2.77. The predicted molar refractivity (Wildman–Crippen MR) is 114 cm³/mol. The summed E-state index contributed by atoms with van der Waals surface area (Å²) in [5, 5.41) is 14.4. The van der Waals surface area contributed by atoms with Gasteiger partial charge in [0.05, 0.1) is 11.8 Å². The van der Waals surface area contributed by atoms with Gasteiger partial charge in [0.2, 0.25) is 0 Å². The first-order chi connectivity index (χ1) is 14.2. The number of nitrogens with zero attached hydrogens (tertiary/aromatic N) is 1. The molecule has 0 spiro atoms. The summed E-state index contributed by atoms with van der Waals surface area (Å²) in [5.41, 5.74) is 0.373. The van der Waals surface area contributed by atoms with E-state index in [4.69, 9.17) is 4.74 Å². The maximum atomic E-state index is 14.2. The number of hydrogen-bond donors (Lipinski definition) is 3. The fourth-order valence-corrected chi connectivity index (χ4v) is 3.57. The van der Waals surface area contributed by atoms with Crippen LogP contribution in [0.1, 0.15) is 18.5 Å². The molecule has 2 aromatic carbocycles. The van der Waals surface area contributed by atoms with Crippen LogP contribution in [-0.4, -0.2) is 47.1 Å². The Kier molecular flexibility index (Phi) is 6.56. The van der Waals surface area contributed by atoms with E-state index < -0.39 is 41.9 Å². The van der Waals surface area contributed by atoms with Crippen molar-refractivity contribution in [2.45, 2.75) is 25.1 Å². The number of carbonyl (C=O) groups excluding carboxylic acids is 3. The van der Waals surface area contributed by atoms with E-state index in [0.717, 1.165) is 4.90 Å². The van der Waals surface area contributed by atoms with Gasteiger partial charge < -0.3 is 20.5 Å². The number of nitrogens with one attached hydrogen (secondary N) is 2. The molecule has 1 aliphatic rings. The third-order valence-electron chi connectivity index (χ3n) is 4.75. The number of anilines is 1. The molecule has 1 aliphatic heterocycles.